The maximum Gasteiger partial charge on any atom is 0.410 e. The van der Waals surface area contributed by atoms with E-state index in [0.717, 1.165) is 0 Å². The molecule has 0 saturated heterocycles. The van der Waals surface area contributed by atoms with E-state index in [1.807, 2.05) is 55.4 Å². The summed E-state index contributed by atoms with van der Waals surface area (Å²) in [7, 11) is 0. The fraction of sp³-hybridized carbons (Fsp3) is 0.913. The molecule has 0 radical (unpaired) electrons. The Balaban J connectivity index is 5.46. The number of hydrogen-bond acceptors (Lipinski definition) is 4. The third-order valence-electron chi connectivity index (χ3n) is 5.88. The van der Waals surface area contributed by atoms with E-state index in [1.54, 1.807) is 9.80 Å². The predicted molar refractivity (Wildman–Crippen MR) is 119 cm³/mol. The fourth-order valence-electron chi connectivity index (χ4n) is 3.95. The van der Waals surface area contributed by atoms with Crippen molar-refractivity contribution in [1.29, 1.82) is 0 Å². The molecule has 0 saturated carbocycles. The van der Waals surface area contributed by atoms with Gasteiger partial charge >= 0.3 is 12.2 Å². The molecular formula is C23H46N2O4. The van der Waals surface area contributed by atoms with Crippen molar-refractivity contribution in [1.82, 2.24) is 9.80 Å². The number of ether oxygens (including phenoxy) is 2. The Morgan fingerprint density at radius 2 is 0.828 bits per heavy atom. The van der Waals surface area contributed by atoms with Crippen LogP contribution in [0.5, 0.6) is 0 Å². The molecule has 0 spiro atoms. The number of amides is 2. The van der Waals surface area contributed by atoms with E-state index in [2.05, 4.69) is 27.7 Å². The molecule has 0 aliphatic carbocycles. The SMILES string of the molecule is CC(C)N(C(=O)OCC(COC(=O)N(C(C)C)C(C)C)(C(C)C)C(C)C)C(C)C. The molecule has 0 bridgehead atoms. The van der Waals surface area contributed by atoms with Gasteiger partial charge < -0.3 is 19.3 Å². The zero-order valence-electron chi connectivity index (χ0n) is 20.9. The Kier molecular flexibility index (Phi) is 11.1. The number of hydrogen-bond donors (Lipinski definition) is 0. The van der Waals surface area contributed by atoms with Gasteiger partial charge in [-0.1, -0.05) is 27.7 Å². The van der Waals surface area contributed by atoms with Crippen LogP contribution in [0.3, 0.4) is 0 Å². The lowest BCUT2D eigenvalue weighted by atomic mass is 9.70. The quantitative estimate of drug-likeness (QED) is 0.453. The molecule has 0 N–H and O–H groups in total. The van der Waals surface area contributed by atoms with Crippen LogP contribution in [0.1, 0.15) is 83.1 Å². The summed E-state index contributed by atoms with van der Waals surface area (Å²) in [6.45, 7) is 24.6. The standard InChI is InChI=1S/C23H46N2O4/c1-15(2)23(16(3)4,13-28-21(26)24(17(5)6)18(7)8)14-29-22(27)25(19(9)10)20(11)12/h15-20H,13-14H2,1-12H3. The second-order valence-corrected chi connectivity index (χ2v) is 9.84. The first-order chi connectivity index (χ1) is 13.2. The van der Waals surface area contributed by atoms with E-state index in [4.69, 9.17) is 9.47 Å². The van der Waals surface area contributed by atoms with Gasteiger partial charge in [0.1, 0.15) is 13.2 Å². The van der Waals surface area contributed by atoms with Crippen LogP contribution in [-0.4, -0.2) is 59.4 Å². The highest BCUT2D eigenvalue weighted by Crippen LogP contribution is 2.37. The van der Waals surface area contributed by atoms with Gasteiger partial charge in [0.25, 0.3) is 0 Å². The first-order valence-electron chi connectivity index (χ1n) is 11.1. The van der Waals surface area contributed by atoms with E-state index in [0.29, 0.717) is 0 Å². The molecule has 0 fully saturated rings. The van der Waals surface area contributed by atoms with Gasteiger partial charge in [-0.3, -0.25) is 0 Å². The third-order valence-corrected chi connectivity index (χ3v) is 5.88. The van der Waals surface area contributed by atoms with Crippen molar-refractivity contribution in [2.45, 2.75) is 107 Å². The third kappa shape index (κ3) is 7.38. The number of carbonyl (C=O) groups is 2. The van der Waals surface area contributed by atoms with Gasteiger partial charge in [-0.15, -0.1) is 0 Å². The zero-order chi connectivity index (χ0) is 23.1. The van der Waals surface area contributed by atoms with Crippen LogP contribution in [0.2, 0.25) is 0 Å². The molecule has 6 nitrogen and oxygen atoms in total. The van der Waals surface area contributed by atoms with Crippen molar-refractivity contribution >= 4 is 12.2 Å². The molecule has 2 amide bonds. The fourth-order valence-corrected chi connectivity index (χ4v) is 3.95. The van der Waals surface area contributed by atoms with Crippen LogP contribution < -0.4 is 0 Å². The highest BCUT2D eigenvalue weighted by atomic mass is 16.6. The van der Waals surface area contributed by atoms with Gasteiger partial charge in [-0.25, -0.2) is 9.59 Å². The lowest BCUT2D eigenvalue weighted by Gasteiger charge is -2.41. The summed E-state index contributed by atoms with van der Waals surface area (Å²) in [5.74, 6) is 0.336. The number of rotatable bonds is 10. The van der Waals surface area contributed by atoms with E-state index < -0.39 is 5.41 Å². The number of nitrogens with zero attached hydrogens (tertiary/aromatic N) is 2. The van der Waals surface area contributed by atoms with Crippen molar-refractivity contribution in [3.05, 3.63) is 0 Å². The molecule has 6 heteroatoms. The van der Waals surface area contributed by atoms with Gasteiger partial charge in [0.15, 0.2) is 0 Å². The van der Waals surface area contributed by atoms with Crippen LogP contribution >= 0.6 is 0 Å². The van der Waals surface area contributed by atoms with Gasteiger partial charge in [0.2, 0.25) is 0 Å². The molecule has 0 unspecified atom stereocenters. The normalized spacial score (nSPS) is 12.5. The molecule has 0 aromatic heterocycles. The number of carbonyl (C=O) groups excluding carboxylic acids is 2. The van der Waals surface area contributed by atoms with Crippen molar-refractivity contribution in [2.75, 3.05) is 13.2 Å². The van der Waals surface area contributed by atoms with Crippen LogP contribution in [-0.2, 0) is 9.47 Å². The summed E-state index contributed by atoms with van der Waals surface area (Å²) in [5.41, 5.74) is -0.454. The average Bonchev–Trinajstić information content (AvgIpc) is 2.52. The van der Waals surface area contributed by atoms with Crippen molar-refractivity contribution < 1.29 is 19.1 Å². The molecule has 0 heterocycles. The summed E-state index contributed by atoms with van der Waals surface area (Å²) in [5, 5.41) is 0. The highest BCUT2D eigenvalue weighted by Gasteiger charge is 2.41. The molecule has 0 rings (SSSR count). The summed E-state index contributed by atoms with van der Waals surface area (Å²) in [4.78, 5) is 28.9. The lowest BCUT2D eigenvalue weighted by molar-refractivity contribution is -0.0507. The van der Waals surface area contributed by atoms with Crippen molar-refractivity contribution in [2.24, 2.45) is 17.3 Å². The van der Waals surface area contributed by atoms with Crippen LogP contribution in [0.25, 0.3) is 0 Å². The minimum atomic E-state index is -0.454. The molecule has 0 aliphatic rings. The Labute approximate surface area is 179 Å². The van der Waals surface area contributed by atoms with Crippen molar-refractivity contribution in [3.8, 4) is 0 Å². The molecule has 29 heavy (non-hydrogen) atoms. The minimum Gasteiger partial charge on any atom is -0.449 e. The molecule has 0 aromatic carbocycles. The Hall–Kier alpha value is -1.46. The average molecular weight is 415 g/mol. The topological polar surface area (TPSA) is 59.1 Å². The maximum absolute atomic E-state index is 12.7. The molecule has 0 aliphatic heterocycles. The molecular weight excluding hydrogens is 368 g/mol. The van der Waals surface area contributed by atoms with E-state index in [1.165, 1.54) is 0 Å². The van der Waals surface area contributed by atoms with E-state index in [9.17, 15) is 9.59 Å². The minimum absolute atomic E-state index is 0.0541. The highest BCUT2D eigenvalue weighted by molar-refractivity contribution is 5.69. The lowest BCUT2D eigenvalue weighted by Crippen LogP contribution is -2.49. The predicted octanol–water partition coefficient (Wildman–Crippen LogP) is 5.80. The molecule has 0 atom stereocenters. The van der Waals surface area contributed by atoms with Crippen LogP contribution in [0.4, 0.5) is 9.59 Å². The monoisotopic (exact) mass is 414 g/mol. The summed E-state index contributed by atoms with van der Waals surface area (Å²) >= 11 is 0. The first-order valence-corrected chi connectivity index (χ1v) is 11.1. The second-order valence-electron chi connectivity index (χ2n) is 9.84. The Bertz CT molecular complexity index is 451. The Morgan fingerprint density at radius 1 is 0.586 bits per heavy atom. The Morgan fingerprint density at radius 3 is 1.00 bits per heavy atom. The van der Waals surface area contributed by atoms with Gasteiger partial charge in [0, 0.05) is 29.6 Å². The second kappa shape index (κ2) is 11.7. The van der Waals surface area contributed by atoms with E-state index >= 15 is 0 Å². The summed E-state index contributed by atoms with van der Waals surface area (Å²) in [6, 6.07) is 0.217. The van der Waals surface area contributed by atoms with Gasteiger partial charge in [-0.05, 0) is 67.2 Å². The summed E-state index contributed by atoms with van der Waals surface area (Å²) < 4.78 is 11.6. The van der Waals surface area contributed by atoms with Crippen molar-refractivity contribution in [3.63, 3.8) is 0 Å². The largest absolute Gasteiger partial charge is 0.449 e. The zero-order valence-corrected chi connectivity index (χ0v) is 20.9. The molecule has 172 valence electrons. The van der Waals surface area contributed by atoms with E-state index in [-0.39, 0.29) is 61.4 Å². The first kappa shape index (κ1) is 27.5. The van der Waals surface area contributed by atoms with Crippen LogP contribution in [0.15, 0.2) is 0 Å². The van der Waals surface area contributed by atoms with Crippen LogP contribution in [0, 0.1) is 17.3 Å². The van der Waals surface area contributed by atoms with Gasteiger partial charge in [0.05, 0.1) is 0 Å². The van der Waals surface area contributed by atoms with Gasteiger partial charge in [-0.2, -0.15) is 0 Å². The maximum atomic E-state index is 12.7. The smallest absolute Gasteiger partial charge is 0.410 e. The summed E-state index contributed by atoms with van der Waals surface area (Å²) in [6.07, 6.45) is -0.643. The molecule has 0 aromatic rings.